The van der Waals surface area contributed by atoms with Gasteiger partial charge in [0.05, 0.1) is 31.3 Å². The number of amides is 1. The lowest BCUT2D eigenvalue weighted by Crippen LogP contribution is -2.35. The molecule has 1 aliphatic heterocycles. The van der Waals surface area contributed by atoms with Gasteiger partial charge < -0.3 is 14.6 Å². The molecule has 1 amide bonds. The zero-order valence-corrected chi connectivity index (χ0v) is 11.4. The second kappa shape index (κ2) is 6.47. The van der Waals surface area contributed by atoms with Crippen LogP contribution in [0.4, 0.5) is 10.5 Å². The number of ketones is 1. The molecule has 0 radical (unpaired) electrons. The summed E-state index contributed by atoms with van der Waals surface area (Å²) < 4.78 is 11.0. The number of hydrogen-bond acceptors (Lipinski definition) is 4. The Kier molecular flexibility index (Phi) is 4.68. The molecule has 2 rings (SSSR count). The molecule has 7 heteroatoms. The second-order valence-corrected chi connectivity index (χ2v) is 4.46. The molecule has 1 aliphatic rings. The third-order valence-corrected chi connectivity index (χ3v) is 3.05. The molecule has 6 nitrogen and oxygen atoms in total. The van der Waals surface area contributed by atoms with Crippen LogP contribution in [0.1, 0.15) is 6.42 Å². The molecule has 108 valence electrons. The van der Waals surface area contributed by atoms with Crippen molar-refractivity contribution in [3.05, 3.63) is 18.2 Å². The smallest absolute Gasteiger partial charge is 0.412 e. The number of carbonyl (C=O) groups is 2. The van der Waals surface area contributed by atoms with Crippen LogP contribution < -0.4 is 14.4 Å². The van der Waals surface area contributed by atoms with Crippen molar-refractivity contribution in [3.63, 3.8) is 0 Å². The van der Waals surface area contributed by atoms with Gasteiger partial charge in [-0.15, -0.1) is 11.6 Å². The zero-order valence-electron chi connectivity index (χ0n) is 10.7. The molecule has 20 heavy (non-hydrogen) atoms. The first-order valence-corrected chi connectivity index (χ1v) is 6.63. The first-order valence-electron chi connectivity index (χ1n) is 6.10. The van der Waals surface area contributed by atoms with Crippen molar-refractivity contribution < 1.29 is 24.2 Å². The summed E-state index contributed by atoms with van der Waals surface area (Å²) in [4.78, 5) is 23.7. The Hall–Kier alpha value is -1.95. The van der Waals surface area contributed by atoms with E-state index in [1.807, 2.05) is 0 Å². The summed E-state index contributed by atoms with van der Waals surface area (Å²) in [6, 6.07) is 4.93. The van der Waals surface area contributed by atoms with Gasteiger partial charge in [-0.2, -0.15) is 0 Å². The van der Waals surface area contributed by atoms with E-state index in [0.29, 0.717) is 31.1 Å². The van der Waals surface area contributed by atoms with Gasteiger partial charge in [-0.05, 0) is 12.1 Å². The van der Waals surface area contributed by atoms with E-state index in [-0.39, 0.29) is 23.9 Å². The number of nitrogens with zero attached hydrogens (tertiary/aromatic N) is 1. The molecule has 0 aliphatic carbocycles. The van der Waals surface area contributed by atoms with Gasteiger partial charge in [-0.3, -0.25) is 9.69 Å². The highest BCUT2D eigenvalue weighted by Crippen LogP contribution is 2.39. The molecule has 1 heterocycles. The van der Waals surface area contributed by atoms with Crippen molar-refractivity contribution in [1.29, 1.82) is 0 Å². The Morgan fingerprint density at radius 1 is 1.30 bits per heavy atom. The third kappa shape index (κ3) is 3.14. The van der Waals surface area contributed by atoms with Crippen LogP contribution in [0.2, 0.25) is 0 Å². The molecule has 0 saturated carbocycles. The standard InChI is InChI=1S/C13H14ClNO5/c14-7-9(16)8-15(13(17)18)10-3-1-4-11-12(10)20-6-2-5-19-11/h1,3-4H,2,5-8H2,(H,17,18). The maximum absolute atomic E-state index is 11.4. The number of hydrogen-bond donors (Lipinski definition) is 1. The average molecular weight is 300 g/mol. The zero-order chi connectivity index (χ0) is 14.5. The van der Waals surface area contributed by atoms with E-state index in [9.17, 15) is 14.7 Å². The molecule has 0 bridgehead atoms. The van der Waals surface area contributed by atoms with Gasteiger partial charge in [0.25, 0.3) is 0 Å². The van der Waals surface area contributed by atoms with Crippen molar-refractivity contribution in [1.82, 2.24) is 0 Å². The van der Waals surface area contributed by atoms with Crippen molar-refractivity contribution >= 4 is 29.2 Å². The summed E-state index contributed by atoms with van der Waals surface area (Å²) in [5.74, 6) is 0.191. The van der Waals surface area contributed by atoms with Crippen LogP contribution in [0.15, 0.2) is 18.2 Å². The molecule has 0 atom stereocenters. The fraction of sp³-hybridized carbons (Fsp3) is 0.385. The quantitative estimate of drug-likeness (QED) is 0.862. The normalized spacial score (nSPS) is 13.4. The van der Waals surface area contributed by atoms with Gasteiger partial charge in [0.2, 0.25) is 0 Å². The van der Waals surface area contributed by atoms with Gasteiger partial charge in [0, 0.05) is 6.42 Å². The number of ether oxygens (including phenoxy) is 2. The highest BCUT2D eigenvalue weighted by molar-refractivity contribution is 6.28. The Labute approximate surface area is 120 Å². The minimum atomic E-state index is -1.25. The number of halogens is 1. The van der Waals surface area contributed by atoms with E-state index in [1.54, 1.807) is 18.2 Å². The van der Waals surface area contributed by atoms with E-state index in [0.717, 1.165) is 4.90 Å². The van der Waals surface area contributed by atoms with E-state index in [4.69, 9.17) is 21.1 Å². The molecule has 0 fully saturated rings. The molecule has 1 aromatic rings. The summed E-state index contributed by atoms with van der Waals surface area (Å²) in [6.07, 6.45) is -0.536. The van der Waals surface area contributed by atoms with Crippen LogP contribution in [-0.2, 0) is 4.79 Å². The SMILES string of the molecule is O=C(CCl)CN(C(=O)O)c1cccc2c1OCCCO2. The third-order valence-electron chi connectivity index (χ3n) is 2.76. The molecule has 0 aromatic heterocycles. The van der Waals surface area contributed by atoms with Crippen LogP contribution in [-0.4, -0.2) is 42.6 Å². The molecule has 1 N–H and O–H groups in total. The molecule has 0 spiro atoms. The molecular formula is C13H14ClNO5. The number of benzene rings is 1. The molecule has 0 unspecified atom stereocenters. The lowest BCUT2D eigenvalue weighted by Gasteiger charge is -2.21. The number of rotatable bonds is 4. The van der Waals surface area contributed by atoms with Crippen molar-refractivity contribution in [3.8, 4) is 11.5 Å². The van der Waals surface area contributed by atoms with Crippen LogP contribution >= 0.6 is 11.6 Å². The minimum absolute atomic E-state index is 0.240. The summed E-state index contributed by atoms with van der Waals surface area (Å²) in [5.41, 5.74) is 0.287. The fourth-order valence-electron chi connectivity index (χ4n) is 1.87. The van der Waals surface area contributed by atoms with Gasteiger partial charge in [-0.25, -0.2) is 4.79 Å². The molecule has 0 saturated heterocycles. The van der Waals surface area contributed by atoms with Crippen molar-refractivity contribution in [2.45, 2.75) is 6.42 Å². The number of Topliss-reactive ketones (excluding diaryl/α,β-unsaturated/α-hetero) is 1. The van der Waals surface area contributed by atoms with E-state index in [1.165, 1.54) is 0 Å². The predicted octanol–water partition coefficient (Wildman–Crippen LogP) is 2.14. The summed E-state index contributed by atoms with van der Waals surface area (Å²) in [6.45, 7) is 0.615. The Morgan fingerprint density at radius 2 is 2.05 bits per heavy atom. The maximum atomic E-state index is 11.4. The molecular weight excluding hydrogens is 286 g/mol. The first-order chi connectivity index (χ1) is 9.63. The second-order valence-electron chi connectivity index (χ2n) is 4.20. The lowest BCUT2D eigenvalue weighted by molar-refractivity contribution is -0.115. The number of carbonyl (C=O) groups excluding carboxylic acids is 1. The van der Waals surface area contributed by atoms with Crippen LogP contribution in [0, 0.1) is 0 Å². The lowest BCUT2D eigenvalue weighted by atomic mass is 10.2. The first kappa shape index (κ1) is 14.5. The van der Waals surface area contributed by atoms with Gasteiger partial charge in [0.15, 0.2) is 17.3 Å². The summed E-state index contributed by atoms with van der Waals surface area (Å²) >= 11 is 5.43. The van der Waals surface area contributed by atoms with E-state index < -0.39 is 6.09 Å². The Bertz CT molecular complexity index is 519. The molecule has 1 aromatic carbocycles. The number of para-hydroxylation sites is 1. The summed E-state index contributed by atoms with van der Waals surface area (Å²) in [7, 11) is 0. The number of alkyl halides is 1. The Morgan fingerprint density at radius 3 is 2.75 bits per heavy atom. The monoisotopic (exact) mass is 299 g/mol. The fourth-order valence-corrected chi connectivity index (χ4v) is 1.95. The Balaban J connectivity index is 2.38. The maximum Gasteiger partial charge on any atom is 0.412 e. The van der Waals surface area contributed by atoms with Gasteiger partial charge >= 0.3 is 6.09 Å². The van der Waals surface area contributed by atoms with Crippen molar-refractivity contribution in [2.24, 2.45) is 0 Å². The van der Waals surface area contributed by atoms with Crippen LogP contribution in [0.25, 0.3) is 0 Å². The minimum Gasteiger partial charge on any atom is -0.489 e. The van der Waals surface area contributed by atoms with Crippen molar-refractivity contribution in [2.75, 3.05) is 30.5 Å². The summed E-state index contributed by atoms with van der Waals surface area (Å²) in [5, 5.41) is 9.28. The van der Waals surface area contributed by atoms with Gasteiger partial charge in [0.1, 0.15) is 0 Å². The van der Waals surface area contributed by atoms with Crippen LogP contribution in [0.5, 0.6) is 11.5 Å². The van der Waals surface area contributed by atoms with Gasteiger partial charge in [-0.1, -0.05) is 6.07 Å². The highest BCUT2D eigenvalue weighted by atomic mass is 35.5. The average Bonchev–Trinajstić information content (AvgIpc) is 2.69. The number of fused-ring (bicyclic) bond motifs is 1. The highest BCUT2D eigenvalue weighted by Gasteiger charge is 2.24. The predicted molar refractivity (Wildman–Crippen MR) is 73.1 cm³/mol. The van der Waals surface area contributed by atoms with Crippen LogP contribution in [0.3, 0.4) is 0 Å². The largest absolute Gasteiger partial charge is 0.489 e. The number of carboxylic acid groups (broad SMARTS) is 1. The number of anilines is 1. The topological polar surface area (TPSA) is 76.1 Å². The van der Waals surface area contributed by atoms with E-state index >= 15 is 0 Å². The van der Waals surface area contributed by atoms with E-state index in [2.05, 4.69) is 0 Å².